The van der Waals surface area contributed by atoms with E-state index in [0.29, 0.717) is 33.7 Å². The zero-order valence-corrected chi connectivity index (χ0v) is 33.3. The lowest BCUT2D eigenvalue weighted by Gasteiger charge is -2.27. The van der Waals surface area contributed by atoms with Gasteiger partial charge in [-0.05, 0) is 119 Å². The Hall–Kier alpha value is -4.02. The number of nitrogens with zero attached hydrogens (tertiary/aromatic N) is 2. The molecule has 0 unspecified atom stereocenters. The molecule has 1 atom stereocenters. The molecule has 0 spiro atoms. The summed E-state index contributed by atoms with van der Waals surface area (Å²) in [5, 5.41) is 2.65. The van der Waals surface area contributed by atoms with Crippen LogP contribution in [0.5, 0.6) is 0 Å². The molecule has 51 heavy (non-hydrogen) atoms. The van der Waals surface area contributed by atoms with Crippen LogP contribution in [-0.2, 0) is 35.4 Å². The number of nitrogens with one attached hydrogen (secondary N) is 2. The van der Waals surface area contributed by atoms with E-state index in [2.05, 4.69) is 15.0 Å². The number of carbonyl (C=O) groups excluding carboxylic acids is 4. The van der Waals surface area contributed by atoms with E-state index < -0.39 is 56.9 Å². The molecule has 0 radical (unpaired) electrons. The van der Waals surface area contributed by atoms with Crippen molar-refractivity contribution in [3.8, 4) is 0 Å². The highest BCUT2D eigenvalue weighted by Gasteiger charge is 2.34. The molecule has 0 aliphatic carbocycles. The van der Waals surface area contributed by atoms with Crippen molar-refractivity contribution in [2.75, 3.05) is 13.1 Å². The zero-order chi connectivity index (χ0) is 39.1. The van der Waals surface area contributed by atoms with Gasteiger partial charge in [0.2, 0.25) is 16.0 Å². The van der Waals surface area contributed by atoms with Crippen molar-refractivity contribution < 1.29 is 41.8 Å². The van der Waals surface area contributed by atoms with Gasteiger partial charge in [0, 0.05) is 18.0 Å². The maximum atomic E-state index is 13.5. The lowest BCUT2D eigenvalue weighted by Crippen LogP contribution is -2.50. The molecule has 16 heteroatoms. The first-order valence-electron chi connectivity index (χ1n) is 16.4. The second kappa shape index (κ2) is 17.0. The Bertz CT molecular complexity index is 1680. The number of esters is 1. The number of aliphatic imine (C=N–C) groups is 1. The van der Waals surface area contributed by atoms with Gasteiger partial charge in [-0.25, -0.2) is 18.0 Å². The number of hydrogen-bond acceptors (Lipinski definition) is 11. The van der Waals surface area contributed by atoms with Gasteiger partial charge in [0.1, 0.15) is 22.8 Å². The van der Waals surface area contributed by atoms with Crippen LogP contribution in [0.4, 0.5) is 9.59 Å². The number of rotatable bonds is 11. The highest BCUT2D eigenvalue weighted by atomic mass is 32.2. The average Bonchev–Trinajstić information content (AvgIpc) is 3.38. The van der Waals surface area contributed by atoms with Crippen LogP contribution in [0.25, 0.3) is 0 Å². The van der Waals surface area contributed by atoms with Gasteiger partial charge in [-0.3, -0.25) is 14.6 Å². The average molecular weight is 752 g/mol. The number of thiophene rings is 1. The topological polar surface area (TPSA) is 196 Å². The Morgan fingerprint density at radius 2 is 1.37 bits per heavy atom. The molecule has 284 valence electrons. The van der Waals surface area contributed by atoms with Gasteiger partial charge in [-0.1, -0.05) is 17.7 Å². The number of guanidine groups is 1. The minimum Gasteiger partial charge on any atom is -0.459 e. The summed E-state index contributed by atoms with van der Waals surface area (Å²) in [7, 11) is -4.17. The summed E-state index contributed by atoms with van der Waals surface area (Å²) in [5.74, 6) is -1.72. The number of ether oxygens (including phenoxy) is 3. The monoisotopic (exact) mass is 751 g/mol. The largest absolute Gasteiger partial charge is 0.459 e. The maximum absolute atomic E-state index is 13.5. The molecule has 2 aromatic rings. The third kappa shape index (κ3) is 14.3. The van der Waals surface area contributed by atoms with E-state index in [9.17, 15) is 27.6 Å². The molecule has 1 heterocycles. The standard InChI is InChI=1S/C35H53N5O9S2/c1-21-18-22(2)27(23(3)19-21)51(45,46)39-25(29(42)47-33(4,5)6)20-38-28(41)26-16-15-24(50-26)14-13-17-37-30(36)40(31(43)48-34(7,8)9)32(44)49-35(10,11)12/h15-16,18-19,25,39H,13-14,17,20H2,1-12H3,(H2,36,37)(H,38,41)/t25-/m0/s1. The fourth-order valence-corrected chi connectivity index (χ4v) is 7.30. The van der Waals surface area contributed by atoms with E-state index in [1.807, 2.05) is 6.92 Å². The van der Waals surface area contributed by atoms with Crippen molar-refractivity contribution in [1.29, 1.82) is 0 Å². The number of nitrogens with two attached hydrogens (primary N) is 1. The van der Waals surface area contributed by atoms with Gasteiger partial charge >= 0.3 is 18.2 Å². The van der Waals surface area contributed by atoms with Gasteiger partial charge < -0.3 is 25.3 Å². The van der Waals surface area contributed by atoms with Crippen LogP contribution in [0.15, 0.2) is 34.2 Å². The summed E-state index contributed by atoms with van der Waals surface area (Å²) in [4.78, 5) is 57.7. The predicted molar refractivity (Wildman–Crippen MR) is 196 cm³/mol. The van der Waals surface area contributed by atoms with Crippen molar-refractivity contribution in [2.45, 2.75) is 124 Å². The molecule has 3 amide bonds. The Kier molecular flexibility index (Phi) is 14.4. The smallest absolute Gasteiger partial charge is 0.427 e. The molecule has 4 N–H and O–H groups in total. The molecular formula is C35H53N5O9S2. The lowest BCUT2D eigenvalue weighted by molar-refractivity contribution is -0.156. The van der Waals surface area contributed by atoms with Crippen LogP contribution in [-0.4, -0.2) is 79.3 Å². The number of hydrogen-bond donors (Lipinski definition) is 3. The second-order valence-corrected chi connectivity index (χ2v) is 17.9. The zero-order valence-electron chi connectivity index (χ0n) is 31.7. The van der Waals surface area contributed by atoms with Crippen LogP contribution in [0.1, 0.15) is 100.0 Å². The van der Waals surface area contributed by atoms with E-state index in [4.69, 9.17) is 19.9 Å². The number of imide groups is 1. The van der Waals surface area contributed by atoms with Crippen molar-refractivity contribution in [3.63, 3.8) is 0 Å². The second-order valence-electron chi connectivity index (χ2n) is 15.1. The highest BCUT2D eigenvalue weighted by molar-refractivity contribution is 7.89. The molecular weight excluding hydrogens is 699 g/mol. The Morgan fingerprint density at radius 3 is 1.86 bits per heavy atom. The Morgan fingerprint density at radius 1 is 0.863 bits per heavy atom. The molecule has 0 saturated heterocycles. The van der Waals surface area contributed by atoms with Crippen LogP contribution in [0.3, 0.4) is 0 Å². The maximum Gasteiger partial charge on any atom is 0.427 e. The quantitative estimate of drug-likeness (QED) is 0.0866. The van der Waals surface area contributed by atoms with Crippen LogP contribution < -0.4 is 15.8 Å². The van der Waals surface area contributed by atoms with Gasteiger partial charge in [0.15, 0.2) is 0 Å². The number of aryl methyl sites for hydroxylation is 4. The Balaban J connectivity index is 2.12. The van der Waals surface area contributed by atoms with Gasteiger partial charge in [0.25, 0.3) is 5.91 Å². The van der Waals surface area contributed by atoms with Crippen LogP contribution >= 0.6 is 11.3 Å². The van der Waals surface area contributed by atoms with Crippen molar-refractivity contribution in [1.82, 2.24) is 14.9 Å². The molecule has 2 rings (SSSR count). The van der Waals surface area contributed by atoms with E-state index in [0.717, 1.165) is 10.4 Å². The minimum absolute atomic E-state index is 0.0596. The van der Waals surface area contributed by atoms with E-state index in [-0.39, 0.29) is 23.9 Å². The molecule has 14 nitrogen and oxygen atoms in total. The summed E-state index contributed by atoms with van der Waals surface area (Å²) in [6.45, 7) is 19.9. The molecule has 1 aromatic heterocycles. The number of benzene rings is 1. The summed E-state index contributed by atoms with van der Waals surface area (Å²) < 4.78 is 45.5. The summed E-state index contributed by atoms with van der Waals surface area (Å²) >= 11 is 1.21. The highest BCUT2D eigenvalue weighted by Crippen LogP contribution is 2.23. The van der Waals surface area contributed by atoms with E-state index >= 15 is 0 Å². The third-order valence-electron chi connectivity index (χ3n) is 6.45. The number of carbonyl (C=O) groups is 4. The molecule has 0 aliphatic rings. The first-order chi connectivity index (χ1) is 23.2. The lowest BCUT2D eigenvalue weighted by atomic mass is 10.1. The van der Waals surface area contributed by atoms with Crippen LogP contribution in [0.2, 0.25) is 0 Å². The van der Waals surface area contributed by atoms with Crippen molar-refractivity contribution in [2.24, 2.45) is 10.7 Å². The molecule has 1 aromatic carbocycles. The van der Waals surface area contributed by atoms with Crippen LogP contribution in [0, 0.1) is 20.8 Å². The van der Waals surface area contributed by atoms with Gasteiger partial charge in [0.05, 0.1) is 9.77 Å². The third-order valence-corrected chi connectivity index (χ3v) is 9.37. The Labute approximate surface area is 305 Å². The van der Waals surface area contributed by atoms with Gasteiger partial charge in [-0.15, -0.1) is 16.2 Å². The molecule has 0 aliphatic heterocycles. The normalized spacial score (nSPS) is 13.3. The minimum atomic E-state index is -4.17. The first-order valence-corrected chi connectivity index (χ1v) is 18.7. The summed E-state index contributed by atoms with van der Waals surface area (Å²) in [6.07, 6.45) is -1.09. The molecule has 0 bridgehead atoms. The molecule has 0 saturated carbocycles. The summed E-state index contributed by atoms with van der Waals surface area (Å²) in [6, 6.07) is 5.46. The first kappa shape index (κ1) is 43.1. The fraction of sp³-hybridized carbons (Fsp3) is 0.571. The number of amides is 3. The van der Waals surface area contributed by atoms with Crippen molar-refractivity contribution >= 4 is 51.4 Å². The van der Waals surface area contributed by atoms with E-state index in [1.54, 1.807) is 100 Å². The molecule has 0 fully saturated rings. The number of sulfonamides is 1. The summed E-state index contributed by atoms with van der Waals surface area (Å²) in [5.41, 5.74) is 5.28. The predicted octanol–water partition coefficient (Wildman–Crippen LogP) is 5.51. The van der Waals surface area contributed by atoms with Crippen molar-refractivity contribution in [3.05, 3.63) is 50.7 Å². The fourth-order valence-electron chi connectivity index (χ4n) is 4.69. The van der Waals surface area contributed by atoms with E-state index in [1.165, 1.54) is 11.3 Å². The SMILES string of the molecule is Cc1cc(C)c(S(=O)(=O)N[C@@H](CNC(=O)c2ccc(CCCN=C(N)N(C(=O)OC(C)(C)C)C(=O)OC(C)(C)C)s2)C(=O)OC(C)(C)C)c(C)c1. The van der Waals surface area contributed by atoms with Gasteiger partial charge in [-0.2, -0.15) is 4.72 Å².